The molecule has 2 aliphatic rings. The lowest BCUT2D eigenvalue weighted by atomic mass is 9.94. The van der Waals surface area contributed by atoms with Gasteiger partial charge in [-0.25, -0.2) is 0 Å². The van der Waals surface area contributed by atoms with Gasteiger partial charge in [-0.3, -0.25) is 4.79 Å². The molecule has 1 aromatic carbocycles. The Morgan fingerprint density at radius 1 is 1.30 bits per heavy atom. The maximum Gasteiger partial charge on any atom is 0.260 e. The van der Waals surface area contributed by atoms with Crippen LogP contribution >= 0.6 is 24.0 Å². The number of thioether (sulfide) groups is 1. The van der Waals surface area contributed by atoms with E-state index in [1.54, 1.807) is 18.2 Å². The summed E-state index contributed by atoms with van der Waals surface area (Å²) in [4.78, 5) is 15.6. The number of hydrogen-bond donors (Lipinski definition) is 1. The van der Waals surface area contributed by atoms with E-state index >= 15 is 0 Å². The number of rotatable bonds is 7. The van der Waals surface area contributed by atoms with Gasteiger partial charge < -0.3 is 19.2 Å². The van der Waals surface area contributed by atoms with Gasteiger partial charge in [-0.2, -0.15) is 0 Å². The zero-order valence-corrected chi connectivity index (χ0v) is 18.7. The van der Waals surface area contributed by atoms with Gasteiger partial charge in [0.15, 0.2) is 11.5 Å². The van der Waals surface area contributed by atoms with Crippen LogP contribution in [0.3, 0.4) is 0 Å². The average molecular weight is 444 g/mol. The van der Waals surface area contributed by atoms with Gasteiger partial charge in [-0.1, -0.05) is 30.4 Å². The molecule has 1 aromatic heterocycles. The van der Waals surface area contributed by atoms with Crippen molar-refractivity contribution >= 4 is 40.7 Å². The standard InChI is InChI=1S/C23H25NO4S2/c1-24(18-10-14-3-4-15(18)9-14)23(26)22(30-13-29)12-17-6-8-20(28-17)16-5-7-21(27-2)19(25)11-16/h5-8,11-15,18,25H,3-4,9-10H2,1-2H3/b22-12-. The second-order valence-electron chi connectivity index (χ2n) is 7.97. The van der Waals surface area contributed by atoms with Crippen molar-refractivity contribution in [3.8, 4) is 22.8 Å². The number of ether oxygens (including phenoxy) is 1. The predicted molar refractivity (Wildman–Crippen MR) is 124 cm³/mol. The SMILES string of the molecule is COc1ccc(-c2ccc(/C=C(\SC=S)C(=O)N(C)C3CC4CCC3C4)o2)cc1O. The number of likely N-dealkylation sites (N-methyl/N-ethyl adjacent to an activating group) is 1. The van der Waals surface area contributed by atoms with Gasteiger partial charge in [-0.05, 0) is 61.4 Å². The number of aromatic hydroxyl groups is 1. The normalized spacial score (nSPS) is 22.9. The predicted octanol–water partition coefficient (Wildman–Crippen LogP) is 5.34. The molecule has 1 heterocycles. The van der Waals surface area contributed by atoms with E-state index in [2.05, 4.69) is 0 Å². The Hall–Kier alpha value is -2.25. The van der Waals surface area contributed by atoms with Crippen LogP contribution < -0.4 is 4.74 Å². The maximum atomic E-state index is 13.2. The van der Waals surface area contributed by atoms with Crippen LogP contribution in [0.5, 0.6) is 11.5 Å². The third kappa shape index (κ3) is 4.14. The van der Waals surface area contributed by atoms with E-state index in [9.17, 15) is 9.90 Å². The van der Waals surface area contributed by atoms with E-state index in [0.29, 0.717) is 34.1 Å². The number of amides is 1. The van der Waals surface area contributed by atoms with Crippen LogP contribution in [-0.4, -0.2) is 40.8 Å². The molecule has 4 rings (SSSR count). The van der Waals surface area contributed by atoms with Crippen LogP contribution in [0.25, 0.3) is 17.4 Å². The monoisotopic (exact) mass is 443 g/mol. The Balaban J connectivity index is 1.54. The topological polar surface area (TPSA) is 62.9 Å². The number of hydrogen-bond acceptors (Lipinski definition) is 6. The summed E-state index contributed by atoms with van der Waals surface area (Å²) >= 11 is 6.26. The van der Waals surface area contributed by atoms with Crippen LogP contribution in [0.2, 0.25) is 0 Å². The van der Waals surface area contributed by atoms with Crippen LogP contribution in [0.1, 0.15) is 31.4 Å². The number of phenols is 1. The van der Waals surface area contributed by atoms with E-state index in [4.69, 9.17) is 21.4 Å². The second-order valence-corrected chi connectivity index (χ2v) is 9.41. The highest BCUT2D eigenvalue weighted by molar-refractivity contribution is 8.24. The third-order valence-corrected chi connectivity index (χ3v) is 7.20. The molecule has 5 nitrogen and oxygen atoms in total. The fourth-order valence-electron chi connectivity index (χ4n) is 4.77. The summed E-state index contributed by atoms with van der Waals surface area (Å²) in [6.07, 6.45) is 6.62. The molecule has 2 saturated carbocycles. The summed E-state index contributed by atoms with van der Waals surface area (Å²) in [5, 5.41) is 10.0. The Kier molecular flexibility index (Phi) is 6.20. The summed E-state index contributed by atoms with van der Waals surface area (Å²) in [6.45, 7) is 0. The van der Waals surface area contributed by atoms with Crippen molar-refractivity contribution in [3.05, 3.63) is 41.0 Å². The summed E-state index contributed by atoms with van der Waals surface area (Å²) in [5.74, 6) is 2.99. The number of fused-ring (bicyclic) bond motifs is 2. The average Bonchev–Trinajstić information content (AvgIpc) is 3.49. The van der Waals surface area contributed by atoms with Crippen LogP contribution in [0, 0.1) is 11.8 Å². The van der Waals surface area contributed by atoms with Crippen LogP contribution in [-0.2, 0) is 4.79 Å². The van der Waals surface area contributed by atoms with E-state index in [-0.39, 0.29) is 11.7 Å². The third-order valence-electron chi connectivity index (χ3n) is 6.27. The molecule has 0 aliphatic heterocycles. The number of thiocarbonyl (C=S) groups is 1. The van der Waals surface area contributed by atoms with Gasteiger partial charge in [0.1, 0.15) is 11.5 Å². The van der Waals surface area contributed by atoms with Gasteiger partial charge in [-0.15, -0.1) is 0 Å². The van der Waals surface area contributed by atoms with Crippen molar-refractivity contribution in [1.29, 1.82) is 0 Å². The van der Waals surface area contributed by atoms with Gasteiger partial charge in [0.25, 0.3) is 5.91 Å². The van der Waals surface area contributed by atoms with Crippen molar-refractivity contribution in [1.82, 2.24) is 4.90 Å². The van der Waals surface area contributed by atoms with Crippen molar-refractivity contribution in [2.45, 2.75) is 31.7 Å². The molecule has 0 radical (unpaired) electrons. The minimum absolute atomic E-state index is 0.0151. The van der Waals surface area contributed by atoms with Crippen LogP contribution in [0.15, 0.2) is 39.7 Å². The van der Waals surface area contributed by atoms with Gasteiger partial charge in [0.05, 0.1) is 12.0 Å². The Morgan fingerprint density at radius 2 is 2.13 bits per heavy atom. The minimum atomic E-state index is -0.0151. The number of carbonyl (C=O) groups excluding carboxylic acids is 1. The molecule has 158 valence electrons. The number of nitrogens with zero attached hydrogens (tertiary/aromatic N) is 1. The number of methoxy groups -OCH3 is 1. The first-order valence-corrected chi connectivity index (χ1v) is 11.4. The molecular weight excluding hydrogens is 418 g/mol. The van der Waals surface area contributed by atoms with Gasteiger partial charge >= 0.3 is 0 Å². The van der Waals surface area contributed by atoms with E-state index in [0.717, 1.165) is 17.9 Å². The lowest BCUT2D eigenvalue weighted by molar-refractivity contribution is -0.127. The summed E-state index contributed by atoms with van der Waals surface area (Å²) in [6, 6.07) is 9.03. The fourth-order valence-corrected chi connectivity index (χ4v) is 5.61. The number of furan rings is 1. The number of phenolic OH excluding ortho intramolecular Hbond substituents is 1. The molecule has 1 amide bonds. The molecule has 2 aliphatic carbocycles. The van der Waals surface area contributed by atoms with Crippen molar-refractivity contribution in [2.75, 3.05) is 14.2 Å². The molecule has 3 atom stereocenters. The summed E-state index contributed by atoms with van der Waals surface area (Å²) in [5.41, 5.74) is 0.724. The lowest BCUT2D eigenvalue weighted by Crippen LogP contribution is -2.40. The molecule has 30 heavy (non-hydrogen) atoms. The minimum Gasteiger partial charge on any atom is -0.504 e. The first-order chi connectivity index (χ1) is 14.5. The first kappa shape index (κ1) is 21.0. The molecule has 0 saturated heterocycles. The molecule has 1 N–H and O–H groups in total. The molecular formula is C23H25NO4S2. The quantitative estimate of drug-likeness (QED) is 0.460. The zero-order valence-electron chi connectivity index (χ0n) is 17.0. The smallest absolute Gasteiger partial charge is 0.260 e. The molecule has 2 bridgehead atoms. The first-order valence-electron chi connectivity index (χ1n) is 10.1. The van der Waals surface area contributed by atoms with Crippen molar-refractivity contribution < 1.29 is 19.1 Å². The number of benzene rings is 1. The van der Waals surface area contributed by atoms with Crippen molar-refractivity contribution in [2.24, 2.45) is 11.8 Å². The highest BCUT2D eigenvalue weighted by Crippen LogP contribution is 2.46. The highest BCUT2D eigenvalue weighted by Gasteiger charge is 2.42. The Bertz CT molecular complexity index is 983. The summed E-state index contributed by atoms with van der Waals surface area (Å²) in [7, 11) is 3.41. The molecule has 3 unspecified atom stereocenters. The maximum absolute atomic E-state index is 13.2. The summed E-state index contributed by atoms with van der Waals surface area (Å²) < 4.78 is 12.5. The van der Waals surface area contributed by atoms with E-state index in [1.807, 2.05) is 30.1 Å². The Labute approximate surface area is 186 Å². The lowest BCUT2D eigenvalue weighted by Gasteiger charge is -2.31. The van der Waals surface area contributed by atoms with Crippen molar-refractivity contribution in [3.63, 3.8) is 0 Å². The Morgan fingerprint density at radius 3 is 2.77 bits per heavy atom. The van der Waals surface area contributed by atoms with Crippen LogP contribution in [0.4, 0.5) is 0 Å². The second kappa shape index (κ2) is 8.86. The van der Waals surface area contributed by atoms with E-state index in [1.165, 1.54) is 42.8 Å². The van der Waals surface area contributed by atoms with Gasteiger partial charge in [0, 0.05) is 29.4 Å². The molecule has 2 fully saturated rings. The molecule has 0 spiro atoms. The molecule has 7 heteroatoms. The van der Waals surface area contributed by atoms with E-state index < -0.39 is 0 Å². The molecule has 2 aromatic rings. The highest BCUT2D eigenvalue weighted by atomic mass is 32.2. The fraction of sp³-hybridized carbons (Fsp3) is 0.391. The zero-order chi connectivity index (χ0) is 21.3. The van der Waals surface area contributed by atoms with Gasteiger partial charge in [0.2, 0.25) is 0 Å². The largest absolute Gasteiger partial charge is 0.504 e. The number of carbonyl (C=O) groups is 1.